The molecular formula is C17H23Cl2N5O. The second-order valence-corrected chi connectivity index (χ2v) is 7.26. The molecule has 8 heteroatoms. The average molecular weight is 384 g/mol. The van der Waals surface area contributed by atoms with E-state index >= 15 is 0 Å². The van der Waals surface area contributed by atoms with Crippen LogP contribution < -0.4 is 15.6 Å². The number of carbonyl (C=O) groups is 1. The molecule has 1 atom stereocenters. The van der Waals surface area contributed by atoms with Gasteiger partial charge in [0, 0.05) is 32.1 Å². The standard InChI is InChI=1S/C17H23Cl2N5O/c1-12-10-20-6-2-7-23(12)11-17(25)21-16-5-8-24(22-16)13-3-4-14(18)15(19)9-13/h3-4,9,12,20H,2,5-8,10-11H2,1H3,(H,21,22,25). The third kappa shape index (κ3) is 4.85. The number of nitrogens with zero attached hydrogens (tertiary/aromatic N) is 3. The van der Waals surface area contributed by atoms with Gasteiger partial charge in [-0.2, -0.15) is 5.10 Å². The number of amides is 1. The highest BCUT2D eigenvalue weighted by Crippen LogP contribution is 2.28. The molecule has 6 nitrogen and oxygen atoms in total. The number of carbonyl (C=O) groups excluding carboxylic acids is 1. The lowest BCUT2D eigenvalue weighted by molar-refractivity contribution is -0.121. The smallest absolute Gasteiger partial charge is 0.239 e. The summed E-state index contributed by atoms with van der Waals surface area (Å²) in [5.41, 5.74) is 0.867. The minimum atomic E-state index is -0.0107. The van der Waals surface area contributed by atoms with Gasteiger partial charge in [-0.1, -0.05) is 23.2 Å². The quantitative estimate of drug-likeness (QED) is 0.840. The first-order valence-electron chi connectivity index (χ1n) is 8.57. The Kier molecular flexibility index (Phi) is 6.17. The van der Waals surface area contributed by atoms with E-state index in [2.05, 4.69) is 27.6 Å². The maximum atomic E-state index is 12.4. The Labute approximate surface area is 158 Å². The van der Waals surface area contributed by atoms with Crippen molar-refractivity contribution in [2.75, 3.05) is 37.7 Å². The van der Waals surface area contributed by atoms with Gasteiger partial charge in [0.25, 0.3) is 0 Å². The van der Waals surface area contributed by atoms with E-state index in [9.17, 15) is 4.79 Å². The van der Waals surface area contributed by atoms with Crippen LogP contribution in [0.3, 0.4) is 0 Å². The SMILES string of the molecule is CC1CNCCCN1CC(=O)NC1=NN(c2ccc(Cl)c(Cl)c2)CC1. The number of hydrogen-bond acceptors (Lipinski definition) is 5. The number of nitrogens with one attached hydrogen (secondary N) is 2. The number of anilines is 1. The van der Waals surface area contributed by atoms with Crippen molar-refractivity contribution in [3.8, 4) is 0 Å². The number of rotatable bonds is 3. The number of hydrogen-bond donors (Lipinski definition) is 2. The largest absolute Gasteiger partial charge is 0.315 e. The van der Waals surface area contributed by atoms with E-state index in [1.807, 2.05) is 11.1 Å². The molecule has 1 fully saturated rings. The molecule has 2 N–H and O–H groups in total. The summed E-state index contributed by atoms with van der Waals surface area (Å²) >= 11 is 12.0. The van der Waals surface area contributed by atoms with Crippen LogP contribution in [0.4, 0.5) is 5.69 Å². The lowest BCUT2D eigenvalue weighted by atomic mass is 10.2. The minimum absolute atomic E-state index is 0.0107. The van der Waals surface area contributed by atoms with Gasteiger partial charge in [0.05, 0.1) is 22.3 Å². The lowest BCUT2D eigenvalue weighted by Crippen LogP contribution is -2.45. The fraction of sp³-hybridized carbons (Fsp3) is 0.529. The molecule has 1 saturated heterocycles. The van der Waals surface area contributed by atoms with E-state index < -0.39 is 0 Å². The summed E-state index contributed by atoms with van der Waals surface area (Å²) < 4.78 is 0. The summed E-state index contributed by atoms with van der Waals surface area (Å²) in [5, 5.41) is 13.7. The van der Waals surface area contributed by atoms with E-state index in [4.69, 9.17) is 23.2 Å². The van der Waals surface area contributed by atoms with Gasteiger partial charge in [0.15, 0.2) is 0 Å². The van der Waals surface area contributed by atoms with Crippen LogP contribution in [0, 0.1) is 0 Å². The van der Waals surface area contributed by atoms with E-state index in [1.165, 1.54) is 0 Å². The van der Waals surface area contributed by atoms with Crippen molar-refractivity contribution in [3.05, 3.63) is 28.2 Å². The Hall–Kier alpha value is -1.34. The molecule has 0 aliphatic carbocycles. The van der Waals surface area contributed by atoms with E-state index in [1.54, 1.807) is 12.1 Å². The first-order valence-corrected chi connectivity index (χ1v) is 9.33. The molecule has 0 bridgehead atoms. The van der Waals surface area contributed by atoms with Crippen molar-refractivity contribution in [3.63, 3.8) is 0 Å². The summed E-state index contributed by atoms with van der Waals surface area (Å²) in [6.07, 6.45) is 1.76. The fourth-order valence-corrected chi connectivity index (χ4v) is 3.36. The lowest BCUT2D eigenvalue weighted by Gasteiger charge is -2.25. The van der Waals surface area contributed by atoms with Crippen LogP contribution in [0.25, 0.3) is 0 Å². The molecule has 1 aromatic rings. The van der Waals surface area contributed by atoms with Crippen LogP contribution >= 0.6 is 23.2 Å². The summed E-state index contributed by atoms with van der Waals surface area (Å²) in [7, 11) is 0. The average Bonchev–Trinajstić information content (AvgIpc) is 2.94. The molecule has 1 aromatic carbocycles. The van der Waals surface area contributed by atoms with E-state index in [0.717, 1.165) is 31.7 Å². The van der Waals surface area contributed by atoms with Crippen LogP contribution in [0.15, 0.2) is 23.3 Å². The zero-order valence-corrected chi connectivity index (χ0v) is 15.8. The Bertz CT molecular complexity index is 666. The molecule has 3 rings (SSSR count). The van der Waals surface area contributed by atoms with Crippen LogP contribution in [-0.4, -0.2) is 55.4 Å². The molecule has 2 aliphatic heterocycles. The van der Waals surface area contributed by atoms with Gasteiger partial charge in [0.2, 0.25) is 5.91 Å². The van der Waals surface area contributed by atoms with Gasteiger partial charge in [-0.15, -0.1) is 0 Å². The molecule has 0 saturated carbocycles. The summed E-state index contributed by atoms with van der Waals surface area (Å²) in [6.45, 7) is 6.10. The van der Waals surface area contributed by atoms with Crippen LogP contribution in [-0.2, 0) is 4.79 Å². The maximum absolute atomic E-state index is 12.4. The number of hydrazone groups is 1. The predicted molar refractivity (Wildman–Crippen MR) is 103 cm³/mol. The van der Waals surface area contributed by atoms with Crippen LogP contribution in [0.1, 0.15) is 19.8 Å². The molecule has 136 valence electrons. The number of amidine groups is 1. The van der Waals surface area contributed by atoms with Crippen molar-refractivity contribution < 1.29 is 4.79 Å². The summed E-state index contributed by atoms with van der Waals surface area (Å²) in [6, 6.07) is 5.75. The van der Waals surface area contributed by atoms with Gasteiger partial charge in [-0.25, -0.2) is 0 Å². The molecule has 0 aromatic heterocycles. The third-order valence-corrected chi connectivity index (χ3v) is 5.23. The molecule has 25 heavy (non-hydrogen) atoms. The molecule has 1 amide bonds. The number of halogens is 2. The van der Waals surface area contributed by atoms with Gasteiger partial charge >= 0.3 is 0 Å². The van der Waals surface area contributed by atoms with Crippen LogP contribution in [0.5, 0.6) is 0 Å². The summed E-state index contributed by atoms with van der Waals surface area (Å²) in [5.74, 6) is 0.681. The Morgan fingerprint density at radius 2 is 2.20 bits per heavy atom. The van der Waals surface area contributed by atoms with Crippen molar-refractivity contribution in [1.29, 1.82) is 0 Å². The van der Waals surface area contributed by atoms with Crippen molar-refractivity contribution >= 4 is 40.6 Å². The predicted octanol–water partition coefficient (Wildman–Crippen LogP) is 2.32. The molecule has 0 spiro atoms. The Balaban J connectivity index is 1.57. The van der Waals surface area contributed by atoms with Gasteiger partial charge < -0.3 is 10.6 Å². The normalized spacial score (nSPS) is 21.8. The monoisotopic (exact) mass is 383 g/mol. The summed E-state index contributed by atoms with van der Waals surface area (Å²) in [4.78, 5) is 14.6. The first kappa shape index (κ1) is 18.5. The topological polar surface area (TPSA) is 60.0 Å². The zero-order valence-electron chi connectivity index (χ0n) is 14.3. The molecule has 1 unspecified atom stereocenters. The molecule has 0 radical (unpaired) electrons. The Morgan fingerprint density at radius 3 is 3.00 bits per heavy atom. The van der Waals surface area contributed by atoms with Crippen molar-refractivity contribution in [2.24, 2.45) is 5.10 Å². The zero-order chi connectivity index (χ0) is 17.8. The third-order valence-electron chi connectivity index (χ3n) is 4.50. The molecular weight excluding hydrogens is 361 g/mol. The highest BCUT2D eigenvalue weighted by Gasteiger charge is 2.22. The Morgan fingerprint density at radius 1 is 1.36 bits per heavy atom. The number of benzene rings is 1. The van der Waals surface area contributed by atoms with Gasteiger partial charge in [-0.05, 0) is 38.1 Å². The van der Waals surface area contributed by atoms with Crippen LogP contribution in [0.2, 0.25) is 10.0 Å². The second-order valence-electron chi connectivity index (χ2n) is 6.44. The second kappa shape index (κ2) is 8.36. The maximum Gasteiger partial charge on any atom is 0.239 e. The highest BCUT2D eigenvalue weighted by atomic mass is 35.5. The van der Waals surface area contributed by atoms with Gasteiger partial charge in [-0.3, -0.25) is 14.7 Å². The van der Waals surface area contributed by atoms with E-state index in [-0.39, 0.29) is 5.91 Å². The van der Waals surface area contributed by atoms with Gasteiger partial charge in [0.1, 0.15) is 5.84 Å². The molecule has 2 aliphatic rings. The first-order chi connectivity index (χ1) is 12.0. The van der Waals surface area contributed by atoms with Crippen molar-refractivity contribution in [1.82, 2.24) is 15.5 Å². The highest BCUT2D eigenvalue weighted by molar-refractivity contribution is 6.42. The minimum Gasteiger partial charge on any atom is -0.315 e. The van der Waals surface area contributed by atoms with E-state index in [0.29, 0.717) is 41.4 Å². The fourth-order valence-electron chi connectivity index (χ4n) is 3.06. The van der Waals surface area contributed by atoms with Crippen molar-refractivity contribution in [2.45, 2.75) is 25.8 Å². The molecule has 2 heterocycles.